The van der Waals surface area contributed by atoms with Crippen LogP contribution in [0.3, 0.4) is 0 Å². The van der Waals surface area contributed by atoms with Crippen LogP contribution in [0.2, 0.25) is 0 Å². The van der Waals surface area contributed by atoms with Crippen molar-refractivity contribution in [2.45, 2.75) is 26.7 Å². The number of urea groups is 1. The lowest BCUT2D eigenvalue weighted by Gasteiger charge is -2.34. The maximum atomic E-state index is 12.4. The van der Waals surface area contributed by atoms with Gasteiger partial charge in [0, 0.05) is 18.8 Å². The number of carboxylic acids is 1. The monoisotopic (exact) mass is 362 g/mol. The van der Waals surface area contributed by atoms with Crippen LogP contribution in [-0.2, 0) is 20.7 Å². The van der Waals surface area contributed by atoms with E-state index in [-0.39, 0.29) is 30.4 Å². The molecule has 0 radical (unpaired) electrons. The minimum atomic E-state index is -0.863. The van der Waals surface area contributed by atoms with Gasteiger partial charge in [-0.15, -0.1) is 0 Å². The fraction of sp³-hybridized carbons (Fsp3) is 0.526. The molecule has 0 saturated carbocycles. The molecule has 1 aromatic rings. The molecule has 7 heteroatoms. The van der Waals surface area contributed by atoms with Gasteiger partial charge in [0.2, 0.25) is 0 Å². The molecular weight excluding hydrogens is 336 g/mol. The SMILES string of the molecule is COC(=O)C(C)Cc1ccc(NC(=O)N2CC(C)CC(C(=O)O)C2)cc1. The molecule has 2 N–H and O–H groups in total. The number of carbonyl (C=O) groups excluding carboxylic acids is 2. The second kappa shape index (κ2) is 8.69. The van der Waals surface area contributed by atoms with Gasteiger partial charge in [-0.05, 0) is 36.5 Å². The van der Waals surface area contributed by atoms with E-state index in [2.05, 4.69) is 5.32 Å². The number of hydrogen-bond donors (Lipinski definition) is 2. The third kappa shape index (κ3) is 5.21. The van der Waals surface area contributed by atoms with Crippen molar-refractivity contribution in [2.75, 3.05) is 25.5 Å². The molecule has 2 amide bonds. The first kappa shape index (κ1) is 19.8. The number of esters is 1. The zero-order valence-electron chi connectivity index (χ0n) is 15.4. The smallest absolute Gasteiger partial charge is 0.321 e. The molecule has 0 spiro atoms. The normalized spacial score (nSPS) is 21.0. The summed E-state index contributed by atoms with van der Waals surface area (Å²) in [4.78, 5) is 36.7. The Morgan fingerprint density at radius 3 is 2.50 bits per heavy atom. The number of ether oxygens (including phenoxy) is 1. The van der Waals surface area contributed by atoms with Gasteiger partial charge < -0.3 is 20.1 Å². The van der Waals surface area contributed by atoms with Crippen LogP contribution >= 0.6 is 0 Å². The lowest BCUT2D eigenvalue weighted by Crippen LogP contribution is -2.47. The number of piperidine rings is 1. The lowest BCUT2D eigenvalue weighted by molar-refractivity contribution is -0.145. The number of anilines is 1. The molecule has 2 rings (SSSR count). The van der Waals surface area contributed by atoms with Crippen LogP contribution < -0.4 is 5.32 Å². The molecule has 0 aliphatic carbocycles. The van der Waals surface area contributed by atoms with E-state index < -0.39 is 11.9 Å². The van der Waals surface area contributed by atoms with E-state index in [0.29, 0.717) is 25.1 Å². The van der Waals surface area contributed by atoms with Gasteiger partial charge in [0.05, 0.1) is 18.9 Å². The van der Waals surface area contributed by atoms with Crippen molar-refractivity contribution in [3.8, 4) is 0 Å². The molecule has 1 saturated heterocycles. The molecule has 142 valence electrons. The van der Waals surface area contributed by atoms with Crippen LogP contribution in [0.4, 0.5) is 10.5 Å². The molecule has 1 aromatic carbocycles. The summed E-state index contributed by atoms with van der Waals surface area (Å²) in [5.41, 5.74) is 1.60. The average molecular weight is 362 g/mol. The molecule has 1 fully saturated rings. The minimum absolute atomic E-state index is 0.151. The maximum Gasteiger partial charge on any atom is 0.321 e. The zero-order chi connectivity index (χ0) is 19.3. The van der Waals surface area contributed by atoms with Crippen LogP contribution in [0, 0.1) is 17.8 Å². The number of carboxylic acid groups (broad SMARTS) is 1. The Hall–Kier alpha value is -2.57. The van der Waals surface area contributed by atoms with E-state index in [1.165, 1.54) is 7.11 Å². The second-order valence-corrected chi connectivity index (χ2v) is 7.04. The van der Waals surface area contributed by atoms with Gasteiger partial charge in [0.25, 0.3) is 0 Å². The third-order valence-corrected chi connectivity index (χ3v) is 4.65. The Kier molecular flexibility index (Phi) is 6.60. The predicted octanol–water partition coefficient (Wildman–Crippen LogP) is 2.61. The summed E-state index contributed by atoms with van der Waals surface area (Å²) in [6, 6.07) is 6.97. The first-order chi connectivity index (χ1) is 12.3. The Balaban J connectivity index is 1.94. The van der Waals surface area contributed by atoms with Gasteiger partial charge >= 0.3 is 18.0 Å². The van der Waals surface area contributed by atoms with E-state index in [4.69, 9.17) is 4.74 Å². The van der Waals surface area contributed by atoms with Crippen molar-refractivity contribution in [1.82, 2.24) is 4.90 Å². The summed E-state index contributed by atoms with van der Waals surface area (Å²) in [6.07, 6.45) is 1.15. The molecule has 1 heterocycles. The van der Waals surface area contributed by atoms with Gasteiger partial charge in [-0.1, -0.05) is 26.0 Å². The molecule has 26 heavy (non-hydrogen) atoms. The summed E-state index contributed by atoms with van der Waals surface area (Å²) in [7, 11) is 1.37. The van der Waals surface area contributed by atoms with E-state index in [0.717, 1.165) is 5.56 Å². The summed E-state index contributed by atoms with van der Waals surface area (Å²) in [6.45, 7) is 4.52. The number of benzene rings is 1. The Morgan fingerprint density at radius 2 is 1.92 bits per heavy atom. The number of aliphatic carboxylic acids is 1. The van der Waals surface area contributed by atoms with Crippen molar-refractivity contribution in [2.24, 2.45) is 17.8 Å². The van der Waals surface area contributed by atoms with Crippen LogP contribution in [-0.4, -0.2) is 48.2 Å². The predicted molar refractivity (Wildman–Crippen MR) is 96.8 cm³/mol. The Morgan fingerprint density at radius 1 is 1.27 bits per heavy atom. The van der Waals surface area contributed by atoms with Crippen LogP contribution in [0.5, 0.6) is 0 Å². The van der Waals surface area contributed by atoms with Crippen LogP contribution in [0.15, 0.2) is 24.3 Å². The van der Waals surface area contributed by atoms with Crippen molar-refractivity contribution in [1.29, 1.82) is 0 Å². The van der Waals surface area contributed by atoms with Gasteiger partial charge in [-0.25, -0.2) is 4.79 Å². The summed E-state index contributed by atoms with van der Waals surface area (Å²) in [5.74, 6) is -1.72. The third-order valence-electron chi connectivity index (χ3n) is 4.65. The fourth-order valence-electron chi connectivity index (χ4n) is 3.26. The van der Waals surface area contributed by atoms with Crippen molar-refractivity contribution < 1.29 is 24.2 Å². The van der Waals surface area contributed by atoms with Crippen molar-refractivity contribution >= 4 is 23.7 Å². The number of nitrogens with one attached hydrogen (secondary N) is 1. The fourth-order valence-corrected chi connectivity index (χ4v) is 3.26. The second-order valence-electron chi connectivity index (χ2n) is 7.04. The van der Waals surface area contributed by atoms with E-state index in [1.807, 2.05) is 19.1 Å². The lowest BCUT2D eigenvalue weighted by atomic mass is 9.91. The largest absolute Gasteiger partial charge is 0.481 e. The number of methoxy groups -OCH3 is 1. The van der Waals surface area contributed by atoms with Crippen molar-refractivity contribution in [3.63, 3.8) is 0 Å². The Bertz CT molecular complexity index is 658. The topological polar surface area (TPSA) is 95.9 Å². The highest BCUT2D eigenvalue weighted by Crippen LogP contribution is 2.23. The molecule has 7 nitrogen and oxygen atoms in total. The highest BCUT2D eigenvalue weighted by atomic mass is 16.5. The van der Waals surface area contributed by atoms with Crippen LogP contribution in [0.25, 0.3) is 0 Å². The first-order valence-electron chi connectivity index (χ1n) is 8.75. The van der Waals surface area contributed by atoms with E-state index in [1.54, 1.807) is 24.0 Å². The number of amides is 2. The molecular formula is C19H26N2O5. The molecule has 3 unspecified atom stereocenters. The van der Waals surface area contributed by atoms with Gasteiger partial charge in [-0.3, -0.25) is 9.59 Å². The number of carbonyl (C=O) groups is 3. The minimum Gasteiger partial charge on any atom is -0.481 e. The maximum absolute atomic E-state index is 12.4. The summed E-state index contributed by atoms with van der Waals surface area (Å²) in [5, 5.41) is 12.0. The summed E-state index contributed by atoms with van der Waals surface area (Å²) < 4.78 is 4.72. The van der Waals surface area contributed by atoms with E-state index >= 15 is 0 Å². The number of rotatable bonds is 5. The van der Waals surface area contributed by atoms with Crippen molar-refractivity contribution in [3.05, 3.63) is 29.8 Å². The molecule has 1 aliphatic heterocycles. The zero-order valence-corrected chi connectivity index (χ0v) is 15.4. The average Bonchev–Trinajstić information content (AvgIpc) is 2.61. The number of hydrogen-bond acceptors (Lipinski definition) is 4. The number of nitrogens with zero attached hydrogens (tertiary/aromatic N) is 1. The Labute approximate surface area is 153 Å². The van der Waals surface area contributed by atoms with Gasteiger partial charge in [0.15, 0.2) is 0 Å². The highest BCUT2D eigenvalue weighted by molar-refractivity contribution is 5.89. The molecule has 1 aliphatic rings. The number of likely N-dealkylation sites (tertiary alicyclic amines) is 1. The van der Waals surface area contributed by atoms with Gasteiger partial charge in [-0.2, -0.15) is 0 Å². The van der Waals surface area contributed by atoms with Gasteiger partial charge in [0.1, 0.15) is 0 Å². The summed E-state index contributed by atoms with van der Waals surface area (Å²) >= 11 is 0. The molecule has 0 aromatic heterocycles. The van der Waals surface area contributed by atoms with Crippen LogP contribution in [0.1, 0.15) is 25.8 Å². The first-order valence-corrected chi connectivity index (χ1v) is 8.75. The molecule has 3 atom stereocenters. The molecule has 0 bridgehead atoms. The quantitative estimate of drug-likeness (QED) is 0.785. The van der Waals surface area contributed by atoms with E-state index in [9.17, 15) is 19.5 Å². The standard InChI is InChI=1S/C19H26N2O5/c1-12-8-15(17(22)23)11-21(10-12)19(25)20-16-6-4-14(5-7-16)9-13(2)18(24)26-3/h4-7,12-13,15H,8-11H2,1-3H3,(H,20,25)(H,22,23). The highest BCUT2D eigenvalue weighted by Gasteiger charge is 2.31.